The third kappa shape index (κ3) is 2.86. The molecule has 0 unspecified atom stereocenters. The standard InChI is InChI=1S/C32H50O3/c1-18-19(2)26-27(35-26)30(7)16-17-31(8)21(25(18)30)10-11-23-29(6)14-13-24(34-20(3)33)28(4,5)22(29)12-15-32(23,31)9/h18,21-27H,2,10-17H2,1,3-9H3/t18-,21-,22+,23-,24+,25-,26+,27+,29+,30-,31-,32-/m1/s1. The minimum Gasteiger partial charge on any atom is -0.462 e. The minimum atomic E-state index is -0.115. The molecule has 0 aromatic heterocycles. The summed E-state index contributed by atoms with van der Waals surface area (Å²) in [6.45, 7) is 24.0. The van der Waals surface area contributed by atoms with E-state index in [1.807, 2.05) is 0 Å². The van der Waals surface area contributed by atoms with E-state index < -0.39 is 0 Å². The average molecular weight is 483 g/mol. The largest absolute Gasteiger partial charge is 0.462 e. The number of carbonyl (C=O) groups is 1. The van der Waals surface area contributed by atoms with Crippen LogP contribution in [0.5, 0.6) is 0 Å². The molecule has 1 heterocycles. The average Bonchev–Trinajstić information content (AvgIpc) is 3.57. The molecular formula is C32H50O3. The Labute approximate surface area is 214 Å². The van der Waals surface area contributed by atoms with Crippen molar-refractivity contribution in [2.75, 3.05) is 0 Å². The first-order valence-electron chi connectivity index (χ1n) is 14.7. The molecule has 35 heavy (non-hydrogen) atoms. The van der Waals surface area contributed by atoms with Gasteiger partial charge in [-0.2, -0.15) is 0 Å². The van der Waals surface area contributed by atoms with E-state index >= 15 is 0 Å². The molecule has 6 rings (SSSR count). The lowest BCUT2D eigenvalue weighted by Crippen LogP contribution is -2.67. The van der Waals surface area contributed by atoms with Crippen molar-refractivity contribution >= 4 is 5.97 Å². The second kappa shape index (κ2) is 7.17. The number of fused-ring (bicyclic) bond motifs is 9. The van der Waals surface area contributed by atoms with Gasteiger partial charge < -0.3 is 9.47 Å². The van der Waals surface area contributed by atoms with Gasteiger partial charge in [-0.05, 0) is 103 Å². The van der Waals surface area contributed by atoms with Crippen molar-refractivity contribution in [2.45, 2.75) is 125 Å². The zero-order valence-electron chi connectivity index (χ0n) is 23.7. The SMILES string of the molecule is C=C1[C@@H](C)[C@@H]2[C@H]3CC[C@@H]4[C@@]5(C)CC[C@H](OC(C)=O)C(C)(C)[C@@H]5CC[C@@]4(C)[C@]3(C)CC[C@@]2(C)[C@H]2O[C@@H]12. The predicted molar refractivity (Wildman–Crippen MR) is 140 cm³/mol. The molecule has 6 fully saturated rings. The summed E-state index contributed by atoms with van der Waals surface area (Å²) in [4.78, 5) is 11.9. The van der Waals surface area contributed by atoms with Crippen molar-refractivity contribution in [1.29, 1.82) is 0 Å². The lowest BCUT2D eigenvalue weighted by atomic mass is 9.31. The Morgan fingerprint density at radius 3 is 2.29 bits per heavy atom. The smallest absolute Gasteiger partial charge is 0.302 e. The van der Waals surface area contributed by atoms with Gasteiger partial charge in [0.05, 0.1) is 6.10 Å². The molecule has 0 amide bonds. The number of rotatable bonds is 1. The Hall–Kier alpha value is -0.830. The number of ether oxygens (including phenoxy) is 2. The second-order valence-electron chi connectivity index (χ2n) is 15.5. The number of esters is 1. The fourth-order valence-electron chi connectivity index (χ4n) is 12.2. The highest BCUT2D eigenvalue weighted by molar-refractivity contribution is 5.66. The van der Waals surface area contributed by atoms with Gasteiger partial charge in [-0.1, -0.05) is 55.0 Å². The number of hydrogen-bond donors (Lipinski definition) is 0. The van der Waals surface area contributed by atoms with Gasteiger partial charge in [0, 0.05) is 17.8 Å². The van der Waals surface area contributed by atoms with E-state index in [9.17, 15) is 4.79 Å². The van der Waals surface area contributed by atoms with Crippen molar-refractivity contribution in [3.63, 3.8) is 0 Å². The van der Waals surface area contributed by atoms with Crippen LogP contribution in [0.1, 0.15) is 107 Å². The second-order valence-corrected chi connectivity index (χ2v) is 15.5. The highest BCUT2D eigenvalue weighted by Crippen LogP contribution is 2.78. The highest BCUT2D eigenvalue weighted by Gasteiger charge is 2.73. The van der Waals surface area contributed by atoms with Crippen LogP contribution in [-0.4, -0.2) is 24.3 Å². The summed E-state index contributed by atoms with van der Waals surface area (Å²) in [5.41, 5.74) is 2.82. The maximum atomic E-state index is 11.9. The summed E-state index contributed by atoms with van der Waals surface area (Å²) < 4.78 is 12.2. The summed E-state index contributed by atoms with van der Waals surface area (Å²) in [7, 11) is 0. The van der Waals surface area contributed by atoms with E-state index in [-0.39, 0.29) is 17.5 Å². The van der Waals surface area contributed by atoms with E-state index in [2.05, 4.69) is 55.0 Å². The van der Waals surface area contributed by atoms with Gasteiger partial charge in [-0.25, -0.2) is 0 Å². The molecule has 0 N–H and O–H groups in total. The predicted octanol–water partition coefficient (Wildman–Crippen LogP) is 7.58. The molecule has 0 bridgehead atoms. The van der Waals surface area contributed by atoms with Crippen molar-refractivity contribution in [3.05, 3.63) is 12.2 Å². The third-order valence-electron chi connectivity index (χ3n) is 14.2. The maximum absolute atomic E-state index is 11.9. The van der Waals surface area contributed by atoms with Gasteiger partial charge in [-0.3, -0.25) is 4.79 Å². The molecule has 6 aliphatic rings. The first-order chi connectivity index (χ1) is 16.2. The van der Waals surface area contributed by atoms with Gasteiger partial charge in [-0.15, -0.1) is 0 Å². The molecule has 3 heteroatoms. The fraction of sp³-hybridized carbons (Fsp3) is 0.906. The normalized spacial score (nSPS) is 58.1. The number of carbonyl (C=O) groups excluding carboxylic acids is 1. The van der Waals surface area contributed by atoms with E-state index in [1.165, 1.54) is 50.5 Å². The first-order valence-corrected chi connectivity index (χ1v) is 14.7. The summed E-state index contributed by atoms with van der Waals surface area (Å²) in [5.74, 6) is 3.30. The Morgan fingerprint density at radius 1 is 0.886 bits per heavy atom. The van der Waals surface area contributed by atoms with Crippen LogP contribution in [0.3, 0.4) is 0 Å². The van der Waals surface area contributed by atoms with Gasteiger partial charge in [0.1, 0.15) is 12.2 Å². The zero-order valence-corrected chi connectivity index (χ0v) is 23.7. The van der Waals surface area contributed by atoms with Crippen LogP contribution in [0, 0.1) is 56.7 Å². The molecule has 1 saturated heterocycles. The summed E-state index contributed by atoms with van der Waals surface area (Å²) >= 11 is 0. The van der Waals surface area contributed by atoms with Gasteiger partial charge in [0.25, 0.3) is 0 Å². The number of hydrogen-bond acceptors (Lipinski definition) is 3. The van der Waals surface area contributed by atoms with E-state index in [0.29, 0.717) is 51.6 Å². The molecule has 0 aromatic carbocycles. The molecule has 5 saturated carbocycles. The first kappa shape index (κ1) is 24.5. The highest BCUT2D eigenvalue weighted by atomic mass is 16.6. The quantitative estimate of drug-likeness (QED) is 0.220. The van der Waals surface area contributed by atoms with Crippen LogP contribution in [0.25, 0.3) is 0 Å². The van der Waals surface area contributed by atoms with Gasteiger partial charge in [0.15, 0.2) is 0 Å². The third-order valence-corrected chi connectivity index (χ3v) is 14.2. The van der Waals surface area contributed by atoms with Crippen LogP contribution in [0.15, 0.2) is 12.2 Å². The Balaban J connectivity index is 1.35. The van der Waals surface area contributed by atoms with Crippen LogP contribution in [0.2, 0.25) is 0 Å². The van der Waals surface area contributed by atoms with Crippen LogP contribution in [-0.2, 0) is 14.3 Å². The van der Waals surface area contributed by atoms with Crippen molar-refractivity contribution < 1.29 is 14.3 Å². The molecule has 5 aliphatic carbocycles. The monoisotopic (exact) mass is 482 g/mol. The minimum absolute atomic E-state index is 0.0385. The Kier molecular flexibility index (Phi) is 5.02. The maximum Gasteiger partial charge on any atom is 0.302 e. The van der Waals surface area contributed by atoms with Crippen LogP contribution in [0.4, 0.5) is 0 Å². The summed E-state index contributed by atoms with van der Waals surface area (Å²) in [6, 6.07) is 0. The van der Waals surface area contributed by atoms with E-state index in [0.717, 1.165) is 18.3 Å². The van der Waals surface area contributed by atoms with Crippen molar-refractivity contribution in [2.24, 2.45) is 56.7 Å². The van der Waals surface area contributed by atoms with Crippen molar-refractivity contribution in [3.8, 4) is 0 Å². The molecule has 0 radical (unpaired) electrons. The summed E-state index contributed by atoms with van der Waals surface area (Å²) in [5, 5.41) is 0. The molecular weight excluding hydrogens is 432 g/mol. The van der Waals surface area contributed by atoms with Gasteiger partial charge in [0.2, 0.25) is 0 Å². The molecule has 0 aromatic rings. The topological polar surface area (TPSA) is 38.8 Å². The Morgan fingerprint density at radius 2 is 1.60 bits per heavy atom. The molecule has 3 nitrogen and oxygen atoms in total. The fourth-order valence-corrected chi connectivity index (χ4v) is 12.2. The van der Waals surface area contributed by atoms with Gasteiger partial charge >= 0.3 is 5.97 Å². The van der Waals surface area contributed by atoms with Crippen LogP contribution >= 0.6 is 0 Å². The van der Waals surface area contributed by atoms with E-state index in [1.54, 1.807) is 6.92 Å². The molecule has 196 valence electrons. The lowest BCUT2D eigenvalue weighted by Gasteiger charge is -2.73. The lowest BCUT2D eigenvalue weighted by molar-refractivity contribution is -0.253. The summed E-state index contributed by atoms with van der Waals surface area (Å²) in [6.07, 6.45) is 11.0. The van der Waals surface area contributed by atoms with E-state index in [4.69, 9.17) is 9.47 Å². The molecule has 1 aliphatic heterocycles. The van der Waals surface area contributed by atoms with Crippen molar-refractivity contribution in [1.82, 2.24) is 0 Å². The zero-order chi connectivity index (χ0) is 25.3. The van der Waals surface area contributed by atoms with Crippen LogP contribution < -0.4 is 0 Å². The Bertz CT molecular complexity index is 952. The number of epoxide rings is 1. The molecule has 12 atom stereocenters. The molecule has 0 spiro atoms.